The molecule has 2 aromatic heterocycles. The molecule has 0 fully saturated rings. The number of amides is 1. The third kappa shape index (κ3) is 4.27. The zero-order valence-corrected chi connectivity index (χ0v) is 13.2. The maximum atomic E-state index is 12.6. The molecular weight excluding hydrogens is 306 g/mol. The van der Waals surface area contributed by atoms with Gasteiger partial charge >= 0.3 is 0 Å². The Kier molecular flexibility index (Phi) is 5.29. The van der Waals surface area contributed by atoms with Gasteiger partial charge in [-0.2, -0.15) is 0 Å². The molecule has 2 aromatic rings. The summed E-state index contributed by atoms with van der Waals surface area (Å²) in [5.74, 6) is -0.109. The fraction of sp³-hybridized carbons (Fsp3) is 0.308. The minimum absolute atomic E-state index is 0.109. The van der Waals surface area contributed by atoms with E-state index in [1.807, 2.05) is 12.1 Å². The van der Waals surface area contributed by atoms with Crippen molar-refractivity contribution in [1.82, 2.24) is 19.5 Å². The topological polar surface area (TPSA) is 85.0 Å². The molecule has 21 heavy (non-hydrogen) atoms. The number of nitrogens with two attached hydrogens (primary N) is 1. The molecule has 2 N–H and O–H groups in total. The van der Waals surface area contributed by atoms with Crippen LogP contribution in [0.3, 0.4) is 0 Å². The lowest BCUT2D eigenvalue weighted by Crippen LogP contribution is -2.33. The van der Waals surface area contributed by atoms with Crippen LogP contribution in [0.15, 0.2) is 24.5 Å². The van der Waals surface area contributed by atoms with Crippen LogP contribution in [0.1, 0.15) is 27.3 Å². The number of hydrogen-bond acceptors (Lipinski definition) is 6. The maximum absolute atomic E-state index is 12.6. The minimum Gasteiger partial charge on any atom is -0.393 e. The van der Waals surface area contributed by atoms with Gasteiger partial charge in [0.15, 0.2) is 0 Å². The standard InChI is InChI=1S/C13H15N5OS2/c1-9-12(21-17-16-9)13(19)18(6-4-11(14)20)8-10-3-2-5-15-7-10/h2-3,5,7H,4,6,8H2,1H3,(H2,14,20). The summed E-state index contributed by atoms with van der Waals surface area (Å²) in [6.07, 6.45) is 3.91. The van der Waals surface area contributed by atoms with E-state index in [2.05, 4.69) is 14.6 Å². The van der Waals surface area contributed by atoms with Crippen molar-refractivity contribution in [3.63, 3.8) is 0 Å². The van der Waals surface area contributed by atoms with E-state index in [1.165, 1.54) is 0 Å². The van der Waals surface area contributed by atoms with Crippen molar-refractivity contribution >= 4 is 34.6 Å². The Hall–Kier alpha value is -1.93. The number of rotatable bonds is 6. The molecule has 0 aliphatic heterocycles. The van der Waals surface area contributed by atoms with Gasteiger partial charge in [0.05, 0.1) is 10.7 Å². The number of carbonyl (C=O) groups is 1. The van der Waals surface area contributed by atoms with Crippen molar-refractivity contribution in [1.29, 1.82) is 0 Å². The molecule has 110 valence electrons. The molecule has 6 nitrogen and oxygen atoms in total. The average Bonchev–Trinajstić information content (AvgIpc) is 2.90. The van der Waals surface area contributed by atoms with Gasteiger partial charge in [0, 0.05) is 31.9 Å². The zero-order valence-electron chi connectivity index (χ0n) is 11.5. The van der Waals surface area contributed by atoms with Crippen molar-refractivity contribution in [3.8, 4) is 0 Å². The van der Waals surface area contributed by atoms with Gasteiger partial charge in [-0.25, -0.2) is 0 Å². The van der Waals surface area contributed by atoms with Crippen LogP contribution >= 0.6 is 23.8 Å². The van der Waals surface area contributed by atoms with Crippen LogP contribution in [0.4, 0.5) is 0 Å². The molecule has 0 saturated heterocycles. The first-order valence-electron chi connectivity index (χ1n) is 6.33. The summed E-state index contributed by atoms with van der Waals surface area (Å²) in [6.45, 7) is 2.68. The van der Waals surface area contributed by atoms with Crippen molar-refractivity contribution < 1.29 is 4.79 Å². The Morgan fingerprint density at radius 1 is 1.52 bits per heavy atom. The first-order valence-corrected chi connectivity index (χ1v) is 7.51. The fourth-order valence-corrected chi connectivity index (χ4v) is 2.50. The second-order valence-electron chi connectivity index (χ2n) is 4.49. The predicted octanol–water partition coefficient (Wildman–Crippen LogP) is 1.56. The number of carbonyl (C=O) groups excluding carboxylic acids is 1. The summed E-state index contributed by atoms with van der Waals surface area (Å²) in [5, 5.41) is 3.88. The zero-order chi connectivity index (χ0) is 15.2. The highest BCUT2D eigenvalue weighted by atomic mass is 32.1. The Morgan fingerprint density at radius 2 is 2.33 bits per heavy atom. The summed E-state index contributed by atoms with van der Waals surface area (Å²) in [4.78, 5) is 19.3. The van der Waals surface area contributed by atoms with Crippen molar-refractivity contribution in [2.24, 2.45) is 5.73 Å². The van der Waals surface area contributed by atoms with Crippen molar-refractivity contribution in [2.75, 3.05) is 6.54 Å². The first-order chi connectivity index (χ1) is 10.1. The number of aromatic nitrogens is 3. The number of hydrogen-bond donors (Lipinski definition) is 1. The van der Waals surface area contributed by atoms with E-state index >= 15 is 0 Å². The van der Waals surface area contributed by atoms with E-state index < -0.39 is 0 Å². The average molecular weight is 321 g/mol. The van der Waals surface area contributed by atoms with Crippen LogP contribution in [-0.2, 0) is 6.54 Å². The molecule has 2 heterocycles. The molecule has 0 saturated carbocycles. The van der Waals surface area contributed by atoms with E-state index in [-0.39, 0.29) is 5.91 Å². The first kappa shape index (κ1) is 15.5. The normalized spacial score (nSPS) is 10.3. The Balaban J connectivity index is 2.17. The highest BCUT2D eigenvalue weighted by molar-refractivity contribution is 7.80. The van der Waals surface area contributed by atoms with Crippen molar-refractivity contribution in [3.05, 3.63) is 40.7 Å². The molecular formula is C13H15N5OS2. The lowest BCUT2D eigenvalue weighted by molar-refractivity contribution is 0.0752. The lowest BCUT2D eigenvalue weighted by atomic mass is 10.2. The van der Waals surface area contributed by atoms with E-state index in [1.54, 1.807) is 24.2 Å². The number of pyridine rings is 1. The van der Waals surface area contributed by atoms with Gasteiger partial charge in [-0.15, -0.1) is 5.10 Å². The van der Waals surface area contributed by atoms with Crippen LogP contribution < -0.4 is 5.73 Å². The molecule has 0 bridgehead atoms. The number of thiocarbonyl (C=S) groups is 1. The molecule has 0 aromatic carbocycles. The van der Waals surface area contributed by atoms with Crippen LogP contribution in [0.2, 0.25) is 0 Å². The summed E-state index contributed by atoms with van der Waals surface area (Å²) < 4.78 is 3.81. The smallest absolute Gasteiger partial charge is 0.267 e. The summed E-state index contributed by atoms with van der Waals surface area (Å²) >= 11 is 6.00. The molecule has 0 aliphatic rings. The van der Waals surface area contributed by atoms with Gasteiger partial charge in [0.1, 0.15) is 4.88 Å². The van der Waals surface area contributed by atoms with E-state index in [4.69, 9.17) is 18.0 Å². The van der Waals surface area contributed by atoms with Crippen LogP contribution in [0.5, 0.6) is 0 Å². The highest BCUT2D eigenvalue weighted by Gasteiger charge is 2.21. The largest absolute Gasteiger partial charge is 0.393 e. The van der Waals surface area contributed by atoms with E-state index in [0.717, 1.165) is 17.1 Å². The van der Waals surface area contributed by atoms with Crippen LogP contribution in [0, 0.1) is 6.92 Å². The van der Waals surface area contributed by atoms with Gasteiger partial charge in [0.2, 0.25) is 0 Å². The third-order valence-electron chi connectivity index (χ3n) is 2.86. The Morgan fingerprint density at radius 3 is 2.90 bits per heavy atom. The maximum Gasteiger partial charge on any atom is 0.267 e. The molecule has 2 rings (SSSR count). The number of nitrogens with zero attached hydrogens (tertiary/aromatic N) is 4. The molecule has 0 radical (unpaired) electrons. The summed E-state index contributed by atoms with van der Waals surface area (Å²) in [5.41, 5.74) is 7.13. The van der Waals surface area contributed by atoms with Crippen LogP contribution in [0.25, 0.3) is 0 Å². The minimum atomic E-state index is -0.109. The van der Waals surface area contributed by atoms with Gasteiger partial charge in [-0.1, -0.05) is 22.8 Å². The Bertz CT molecular complexity index is 629. The molecule has 0 unspecified atom stereocenters. The van der Waals surface area contributed by atoms with Gasteiger partial charge < -0.3 is 10.6 Å². The second kappa shape index (κ2) is 7.19. The SMILES string of the molecule is Cc1nnsc1C(=O)N(CCC(N)=S)Cc1cccnc1. The molecule has 8 heteroatoms. The quantitative estimate of drug-likeness (QED) is 0.813. The number of aryl methyl sites for hydroxylation is 1. The van der Waals surface area contributed by atoms with Gasteiger partial charge in [-0.3, -0.25) is 9.78 Å². The molecule has 0 atom stereocenters. The Labute approximate surface area is 132 Å². The van der Waals surface area contributed by atoms with Gasteiger partial charge in [-0.05, 0) is 30.1 Å². The van der Waals surface area contributed by atoms with E-state index in [0.29, 0.717) is 35.1 Å². The third-order valence-corrected chi connectivity index (χ3v) is 3.88. The lowest BCUT2D eigenvalue weighted by Gasteiger charge is -2.21. The van der Waals surface area contributed by atoms with Crippen LogP contribution in [-0.4, -0.2) is 36.9 Å². The fourth-order valence-electron chi connectivity index (χ4n) is 1.78. The second-order valence-corrected chi connectivity index (χ2v) is 5.77. The highest BCUT2D eigenvalue weighted by Crippen LogP contribution is 2.15. The molecule has 0 aliphatic carbocycles. The van der Waals surface area contributed by atoms with Gasteiger partial charge in [0.25, 0.3) is 5.91 Å². The van der Waals surface area contributed by atoms with E-state index in [9.17, 15) is 4.79 Å². The summed E-state index contributed by atoms with van der Waals surface area (Å²) in [7, 11) is 0. The van der Waals surface area contributed by atoms with Crippen molar-refractivity contribution in [2.45, 2.75) is 19.9 Å². The monoisotopic (exact) mass is 321 g/mol. The summed E-state index contributed by atoms with van der Waals surface area (Å²) in [6, 6.07) is 3.76. The molecule has 0 spiro atoms. The molecule has 1 amide bonds. The predicted molar refractivity (Wildman–Crippen MR) is 85.0 cm³/mol.